The molecule has 0 radical (unpaired) electrons. The first-order chi connectivity index (χ1) is 14.3. The second kappa shape index (κ2) is 7.81. The topological polar surface area (TPSA) is 68.5 Å². The molecule has 1 aliphatic heterocycles. The Balaban J connectivity index is 1.52. The summed E-state index contributed by atoms with van der Waals surface area (Å²) in [5.74, 6) is 0.219. The zero-order valence-corrected chi connectivity index (χ0v) is 16.0. The van der Waals surface area contributed by atoms with Crippen molar-refractivity contribution in [3.05, 3.63) is 65.5 Å². The van der Waals surface area contributed by atoms with Crippen LogP contribution in [0.2, 0.25) is 0 Å². The summed E-state index contributed by atoms with van der Waals surface area (Å²) in [5, 5.41) is 3.93. The summed E-state index contributed by atoms with van der Waals surface area (Å²) in [4.78, 5) is 18.5. The number of hydrogen-bond acceptors (Lipinski definition) is 5. The number of carbonyl (C=O) groups excluding carboxylic acids is 1. The molecule has 1 unspecified atom stereocenters. The van der Waals surface area contributed by atoms with E-state index in [4.69, 9.17) is 4.52 Å². The van der Waals surface area contributed by atoms with Gasteiger partial charge in [0, 0.05) is 18.5 Å². The first-order valence-electron chi connectivity index (χ1n) is 9.34. The number of amides is 1. The van der Waals surface area contributed by atoms with E-state index in [1.807, 2.05) is 31.2 Å². The minimum Gasteiger partial charge on any atom is -0.406 e. The number of halogens is 3. The Hall–Kier alpha value is -3.36. The molecule has 0 N–H and O–H groups in total. The number of alkyl halides is 3. The molecule has 2 aromatic carbocycles. The molecule has 0 saturated carbocycles. The molecule has 1 fully saturated rings. The molecule has 3 aromatic rings. The summed E-state index contributed by atoms with van der Waals surface area (Å²) in [6, 6.07) is 12.7. The molecular formula is C21H18F3N3O3. The van der Waals surface area contributed by atoms with Crippen LogP contribution in [0.1, 0.15) is 35.9 Å². The number of nitrogens with zero attached hydrogens (tertiary/aromatic N) is 3. The van der Waals surface area contributed by atoms with E-state index in [1.54, 1.807) is 4.90 Å². The maximum absolute atomic E-state index is 12.4. The highest BCUT2D eigenvalue weighted by atomic mass is 19.4. The predicted octanol–water partition coefficient (Wildman–Crippen LogP) is 4.81. The molecule has 0 bridgehead atoms. The maximum Gasteiger partial charge on any atom is 0.573 e. The summed E-state index contributed by atoms with van der Waals surface area (Å²) >= 11 is 0. The second-order valence-electron chi connectivity index (χ2n) is 7.03. The molecule has 156 valence electrons. The third-order valence-corrected chi connectivity index (χ3v) is 5.00. The lowest BCUT2D eigenvalue weighted by molar-refractivity contribution is -0.274. The van der Waals surface area contributed by atoms with E-state index in [9.17, 15) is 18.0 Å². The van der Waals surface area contributed by atoms with Gasteiger partial charge in [0.05, 0.1) is 0 Å². The van der Waals surface area contributed by atoms with Crippen LogP contribution >= 0.6 is 0 Å². The molecule has 0 aliphatic carbocycles. The number of aryl methyl sites for hydroxylation is 1. The summed E-state index contributed by atoms with van der Waals surface area (Å²) in [6.07, 6.45) is -3.81. The fraction of sp³-hybridized carbons (Fsp3) is 0.286. The highest BCUT2D eigenvalue weighted by Crippen LogP contribution is 2.35. The van der Waals surface area contributed by atoms with Crippen LogP contribution in [-0.2, 0) is 11.3 Å². The van der Waals surface area contributed by atoms with Crippen LogP contribution in [0, 0.1) is 6.92 Å². The van der Waals surface area contributed by atoms with Crippen LogP contribution in [0.3, 0.4) is 0 Å². The first kappa shape index (κ1) is 19.9. The highest BCUT2D eigenvalue weighted by Gasteiger charge is 2.36. The van der Waals surface area contributed by atoms with Crippen LogP contribution < -0.4 is 4.74 Å². The van der Waals surface area contributed by atoms with E-state index >= 15 is 0 Å². The lowest BCUT2D eigenvalue weighted by Gasteiger charge is -2.23. The predicted molar refractivity (Wildman–Crippen MR) is 100 cm³/mol. The minimum absolute atomic E-state index is 0.0108. The number of likely N-dealkylation sites (tertiary alicyclic amines) is 1. The van der Waals surface area contributed by atoms with Crippen molar-refractivity contribution in [2.24, 2.45) is 0 Å². The van der Waals surface area contributed by atoms with Crippen molar-refractivity contribution in [2.75, 3.05) is 0 Å². The molecule has 1 aromatic heterocycles. The third-order valence-electron chi connectivity index (χ3n) is 5.00. The monoisotopic (exact) mass is 417 g/mol. The molecule has 1 aliphatic rings. The van der Waals surface area contributed by atoms with Crippen molar-refractivity contribution in [1.29, 1.82) is 0 Å². The van der Waals surface area contributed by atoms with Gasteiger partial charge in [-0.25, -0.2) is 0 Å². The van der Waals surface area contributed by atoms with Crippen LogP contribution in [-0.4, -0.2) is 27.3 Å². The largest absolute Gasteiger partial charge is 0.573 e. The van der Waals surface area contributed by atoms with Gasteiger partial charge in [-0.3, -0.25) is 4.79 Å². The van der Waals surface area contributed by atoms with Crippen LogP contribution in [0.4, 0.5) is 13.2 Å². The van der Waals surface area contributed by atoms with Crippen molar-refractivity contribution in [1.82, 2.24) is 15.0 Å². The Morgan fingerprint density at radius 1 is 1.17 bits per heavy atom. The Morgan fingerprint density at radius 3 is 2.60 bits per heavy atom. The van der Waals surface area contributed by atoms with Crippen molar-refractivity contribution in [3.8, 4) is 17.1 Å². The SMILES string of the molecule is Cc1ccccc1CN1C(=O)CCC1c1nc(-c2ccc(OC(F)(F)F)cc2)no1. The van der Waals surface area contributed by atoms with Gasteiger partial charge < -0.3 is 14.2 Å². The van der Waals surface area contributed by atoms with Crippen molar-refractivity contribution >= 4 is 5.91 Å². The fourth-order valence-electron chi connectivity index (χ4n) is 3.45. The van der Waals surface area contributed by atoms with Gasteiger partial charge in [0.1, 0.15) is 11.8 Å². The molecule has 6 nitrogen and oxygen atoms in total. The van der Waals surface area contributed by atoms with Crippen LogP contribution in [0.15, 0.2) is 53.1 Å². The number of carbonyl (C=O) groups is 1. The zero-order chi connectivity index (χ0) is 21.3. The molecule has 2 heterocycles. The highest BCUT2D eigenvalue weighted by molar-refractivity contribution is 5.79. The van der Waals surface area contributed by atoms with E-state index in [2.05, 4.69) is 14.9 Å². The number of ether oxygens (including phenoxy) is 1. The van der Waals surface area contributed by atoms with E-state index in [0.717, 1.165) is 11.1 Å². The zero-order valence-electron chi connectivity index (χ0n) is 16.0. The lowest BCUT2D eigenvalue weighted by Crippen LogP contribution is -2.27. The Morgan fingerprint density at radius 2 is 1.90 bits per heavy atom. The third kappa shape index (κ3) is 4.29. The molecule has 4 rings (SSSR count). The number of benzene rings is 2. The van der Waals surface area contributed by atoms with Crippen molar-refractivity contribution < 1.29 is 27.2 Å². The molecular weight excluding hydrogens is 399 g/mol. The average Bonchev–Trinajstić information content (AvgIpc) is 3.30. The van der Waals surface area contributed by atoms with Gasteiger partial charge in [0.25, 0.3) is 0 Å². The number of aromatic nitrogens is 2. The Kier molecular flexibility index (Phi) is 5.19. The van der Waals surface area contributed by atoms with Gasteiger partial charge in [-0.2, -0.15) is 4.98 Å². The van der Waals surface area contributed by atoms with Gasteiger partial charge >= 0.3 is 6.36 Å². The summed E-state index contributed by atoms with van der Waals surface area (Å²) in [7, 11) is 0. The minimum atomic E-state index is -4.75. The van der Waals surface area contributed by atoms with Crippen molar-refractivity contribution in [3.63, 3.8) is 0 Å². The molecule has 0 spiro atoms. The second-order valence-corrected chi connectivity index (χ2v) is 7.03. The van der Waals surface area contributed by atoms with E-state index < -0.39 is 6.36 Å². The summed E-state index contributed by atoms with van der Waals surface area (Å²) < 4.78 is 46.1. The maximum atomic E-state index is 12.4. The molecule has 1 atom stereocenters. The standard InChI is InChI=1S/C21H18F3N3O3/c1-13-4-2-3-5-15(13)12-27-17(10-11-18(27)28)20-25-19(26-30-20)14-6-8-16(9-7-14)29-21(22,23)24/h2-9,17H,10-12H2,1H3. The molecule has 9 heteroatoms. The number of rotatable bonds is 5. The Labute approximate surface area is 170 Å². The first-order valence-corrected chi connectivity index (χ1v) is 9.34. The number of hydrogen-bond donors (Lipinski definition) is 0. The van der Waals surface area contributed by atoms with Crippen LogP contribution in [0.5, 0.6) is 5.75 Å². The normalized spacial score (nSPS) is 16.9. The molecule has 1 saturated heterocycles. The Bertz CT molecular complexity index is 1050. The average molecular weight is 417 g/mol. The van der Waals surface area contributed by atoms with Gasteiger partial charge in [-0.15, -0.1) is 13.2 Å². The molecule has 30 heavy (non-hydrogen) atoms. The summed E-state index contributed by atoms with van der Waals surface area (Å²) in [5.41, 5.74) is 2.61. The van der Waals surface area contributed by atoms with E-state index in [1.165, 1.54) is 24.3 Å². The molecule has 1 amide bonds. The van der Waals surface area contributed by atoms with Gasteiger partial charge in [0.15, 0.2) is 0 Å². The van der Waals surface area contributed by atoms with Gasteiger partial charge in [-0.05, 0) is 48.7 Å². The van der Waals surface area contributed by atoms with E-state index in [-0.39, 0.29) is 23.5 Å². The van der Waals surface area contributed by atoms with Crippen molar-refractivity contribution in [2.45, 2.75) is 38.7 Å². The van der Waals surface area contributed by atoms with Gasteiger partial charge in [0.2, 0.25) is 17.6 Å². The lowest BCUT2D eigenvalue weighted by atomic mass is 10.1. The fourth-order valence-corrected chi connectivity index (χ4v) is 3.45. The summed E-state index contributed by atoms with van der Waals surface area (Å²) in [6.45, 7) is 2.43. The smallest absolute Gasteiger partial charge is 0.406 e. The van der Waals surface area contributed by atoms with E-state index in [0.29, 0.717) is 30.8 Å². The van der Waals surface area contributed by atoms with Gasteiger partial charge in [-0.1, -0.05) is 29.4 Å². The van der Waals surface area contributed by atoms with Crippen LogP contribution in [0.25, 0.3) is 11.4 Å². The quantitative estimate of drug-likeness (QED) is 0.596.